The van der Waals surface area contributed by atoms with Crippen LogP contribution in [0.4, 0.5) is 5.69 Å². The highest BCUT2D eigenvalue weighted by atomic mass is 35.5. The predicted octanol–water partition coefficient (Wildman–Crippen LogP) is 3.84. The van der Waals surface area contributed by atoms with Crippen molar-refractivity contribution in [2.75, 3.05) is 12.3 Å². The van der Waals surface area contributed by atoms with E-state index in [0.717, 1.165) is 18.4 Å². The molecule has 0 spiro atoms. The van der Waals surface area contributed by atoms with Crippen LogP contribution in [-0.2, 0) is 22.4 Å². The summed E-state index contributed by atoms with van der Waals surface area (Å²) in [6.45, 7) is 1.57. The number of hydrogen-bond donors (Lipinski definition) is 2. The number of rotatable bonds is 5. The fourth-order valence-corrected chi connectivity index (χ4v) is 3.39. The number of halogens is 1. The van der Waals surface area contributed by atoms with Gasteiger partial charge in [-0.1, -0.05) is 29.8 Å². The number of fused-ring (bicyclic) bond motifs is 1. The lowest BCUT2D eigenvalue weighted by molar-refractivity contribution is -0.124. The number of amides is 1. The number of benzene rings is 2. The molecule has 5 nitrogen and oxygen atoms in total. The highest BCUT2D eigenvalue weighted by molar-refractivity contribution is 6.33. The molecule has 142 valence electrons. The van der Waals surface area contributed by atoms with E-state index >= 15 is 0 Å². The van der Waals surface area contributed by atoms with Gasteiger partial charge in [0.25, 0.3) is 5.91 Å². The molecule has 0 saturated heterocycles. The summed E-state index contributed by atoms with van der Waals surface area (Å²) in [6.07, 6.45) is 4.67. The third kappa shape index (κ3) is 4.80. The highest BCUT2D eigenvalue weighted by Crippen LogP contribution is 2.25. The SMILES string of the molecule is C[C@H](NC(=O)COC(=O)c1ccc(Cl)c(N)c1)c1ccc2c(c1)CCCC2. The first-order chi connectivity index (χ1) is 12.9. The fourth-order valence-electron chi connectivity index (χ4n) is 3.27. The molecule has 0 heterocycles. The van der Waals surface area contributed by atoms with E-state index in [1.54, 1.807) is 0 Å². The number of carbonyl (C=O) groups is 2. The van der Waals surface area contributed by atoms with E-state index < -0.39 is 5.97 Å². The molecule has 2 aromatic carbocycles. The van der Waals surface area contributed by atoms with Crippen LogP contribution in [0.25, 0.3) is 0 Å². The molecule has 0 fully saturated rings. The van der Waals surface area contributed by atoms with Crippen LogP contribution in [0.2, 0.25) is 5.02 Å². The molecule has 0 radical (unpaired) electrons. The minimum absolute atomic E-state index is 0.158. The number of esters is 1. The second-order valence-corrected chi connectivity index (χ2v) is 7.24. The van der Waals surface area contributed by atoms with E-state index in [1.807, 2.05) is 6.92 Å². The Morgan fingerprint density at radius 1 is 1.15 bits per heavy atom. The van der Waals surface area contributed by atoms with Gasteiger partial charge in [-0.25, -0.2) is 4.79 Å². The second kappa shape index (κ2) is 8.44. The third-order valence-corrected chi connectivity index (χ3v) is 5.16. The Morgan fingerprint density at radius 2 is 1.89 bits per heavy atom. The monoisotopic (exact) mass is 386 g/mol. The zero-order chi connectivity index (χ0) is 19.4. The van der Waals surface area contributed by atoms with Gasteiger partial charge in [-0.15, -0.1) is 0 Å². The van der Waals surface area contributed by atoms with E-state index in [9.17, 15) is 9.59 Å². The highest BCUT2D eigenvalue weighted by Gasteiger charge is 2.16. The van der Waals surface area contributed by atoms with Gasteiger partial charge < -0.3 is 15.8 Å². The summed E-state index contributed by atoms with van der Waals surface area (Å²) >= 11 is 5.83. The first-order valence-electron chi connectivity index (χ1n) is 9.07. The maximum absolute atomic E-state index is 12.1. The van der Waals surface area contributed by atoms with Crippen molar-refractivity contribution in [1.82, 2.24) is 5.32 Å². The van der Waals surface area contributed by atoms with Crippen LogP contribution in [-0.4, -0.2) is 18.5 Å². The van der Waals surface area contributed by atoms with Crippen molar-refractivity contribution in [3.63, 3.8) is 0 Å². The molecule has 6 heteroatoms. The summed E-state index contributed by atoms with van der Waals surface area (Å²) in [6, 6.07) is 10.7. The van der Waals surface area contributed by atoms with Crippen LogP contribution < -0.4 is 11.1 Å². The van der Waals surface area contributed by atoms with Gasteiger partial charge >= 0.3 is 5.97 Å². The Hall–Kier alpha value is -2.53. The molecule has 27 heavy (non-hydrogen) atoms. The van der Waals surface area contributed by atoms with Gasteiger partial charge in [0.1, 0.15) is 0 Å². The standard InChI is InChI=1S/C21H23ClN2O3/c1-13(15-7-6-14-4-2-3-5-16(14)10-15)24-20(25)12-27-21(26)17-8-9-18(22)19(23)11-17/h6-11,13H,2-5,12,23H2,1H3,(H,24,25)/t13-/m0/s1. The molecular weight excluding hydrogens is 364 g/mol. The maximum atomic E-state index is 12.1. The van der Waals surface area contributed by atoms with Gasteiger partial charge in [-0.2, -0.15) is 0 Å². The first kappa shape index (κ1) is 19.2. The summed E-state index contributed by atoms with van der Waals surface area (Å²) in [5.41, 5.74) is 10.0. The maximum Gasteiger partial charge on any atom is 0.338 e. The molecule has 1 aliphatic rings. The molecular formula is C21H23ClN2O3. The van der Waals surface area contributed by atoms with Gasteiger partial charge in [-0.05, 0) is 67.5 Å². The van der Waals surface area contributed by atoms with E-state index in [1.165, 1.54) is 42.2 Å². The number of ether oxygens (including phenoxy) is 1. The smallest absolute Gasteiger partial charge is 0.338 e. The number of nitrogen functional groups attached to an aromatic ring is 1. The lowest BCUT2D eigenvalue weighted by Crippen LogP contribution is -2.31. The van der Waals surface area contributed by atoms with E-state index in [2.05, 4.69) is 23.5 Å². The summed E-state index contributed by atoms with van der Waals surface area (Å²) in [7, 11) is 0. The summed E-state index contributed by atoms with van der Waals surface area (Å²) in [5.74, 6) is -0.967. The molecule has 0 saturated carbocycles. The Balaban J connectivity index is 1.54. The molecule has 3 N–H and O–H groups in total. The van der Waals surface area contributed by atoms with Crippen molar-refractivity contribution >= 4 is 29.2 Å². The van der Waals surface area contributed by atoms with Crippen molar-refractivity contribution in [2.24, 2.45) is 0 Å². The van der Waals surface area contributed by atoms with Gasteiger partial charge in [0.15, 0.2) is 6.61 Å². The van der Waals surface area contributed by atoms with Crippen LogP contribution in [0.5, 0.6) is 0 Å². The first-order valence-corrected chi connectivity index (χ1v) is 9.45. The number of nitrogens with one attached hydrogen (secondary N) is 1. The quantitative estimate of drug-likeness (QED) is 0.604. The van der Waals surface area contributed by atoms with Crippen molar-refractivity contribution in [2.45, 2.75) is 38.6 Å². The summed E-state index contributed by atoms with van der Waals surface area (Å²) in [5, 5.41) is 3.23. The molecule has 3 rings (SSSR count). The minimum atomic E-state index is -0.616. The molecule has 0 bridgehead atoms. The number of nitrogens with two attached hydrogens (primary N) is 1. The summed E-state index contributed by atoms with van der Waals surface area (Å²) in [4.78, 5) is 24.2. The molecule has 0 unspecified atom stereocenters. The van der Waals surface area contributed by atoms with Crippen LogP contribution in [0.1, 0.15) is 52.9 Å². The van der Waals surface area contributed by atoms with Crippen molar-refractivity contribution in [1.29, 1.82) is 0 Å². The number of anilines is 1. The van der Waals surface area contributed by atoms with Gasteiger partial charge in [0.05, 0.1) is 22.3 Å². The van der Waals surface area contributed by atoms with Crippen molar-refractivity contribution in [3.05, 3.63) is 63.7 Å². The van der Waals surface area contributed by atoms with Crippen molar-refractivity contribution < 1.29 is 14.3 Å². The fraction of sp³-hybridized carbons (Fsp3) is 0.333. The Labute approximate surface area is 163 Å². The van der Waals surface area contributed by atoms with E-state index in [0.29, 0.717) is 5.02 Å². The lowest BCUT2D eigenvalue weighted by Gasteiger charge is -2.20. The average Bonchev–Trinajstić information content (AvgIpc) is 2.67. The molecule has 2 aromatic rings. The van der Waals surface area contributed by atoms with Crippen LogP contribution >= 0.6 is 11.6 Å². The number of hydrogen-bond acceptors (Lipinski definition) is 4. The lowest BCUT2D eigenvalue weighted by atomic mass is 9.89. The minimum Gasteiger partial charge on any atom is -0.452 e. The average molecular weight is 387 g/mol. The Bertz CT molecular complexity index is 867. The molecule has 1 aliphatic carbocycles. The molecule has 0 aromatic heterocycles. The number of aryl methyl sites for hydroxylation is 2. The van der Waals surface area contributed by atoms with Gasteiger partial charge in [0, 0.05) is 0 Å². The molecule has 1 amide bonds. The third-order valence-electron chi connectivity index (χ3n) is 4.82. The Kier molecular flexibility index (Phi) is 6.01. The van der Waals surface area contributed by atoms with Gasteiger partial charge in [-0.3, -0.25) is 4.79 Å². The van der Waals surface area contributed by atoms with E-state index in [4.69, 9.17) is 22.1 Å². The van der Waals surface area contributed by atoms with Crippen LogP contribution in [0.15, 0.2) is 36.4 Å². The summed E-state index contributed by atoms with van der Waals surface area (Å²) < 4.78 is 5.06. The topological polar surface area (TPSA) is 81.4 Å². The molecule has 0 aliphatic heterocycles. The molecule has 1 atom stereocenters. The number of carbonyl (C=O) groups excluding carboxylic acids is 2. The van der Waals surface area contributed by atoms with Crippen LogP contribution in [0, 0.1) is 0 Å². The zero-order valence-corrected chi connectivity index (χ0v) is 16.0. The zero-order valence-electron chi connectivity index (χ0n) is 15.3. The normalized spacial score (nSPS) is 14.1. The van der Waals surface area contributed by atoms with E-state index in [-0.39, 0.29) is 29.8 Å². The largest absolute Gasteiger partial charge is 0.452 e. The Morgan fingerprint density at radius 3 is 2.63 bits per heavy atom. The van der Waals surface area contributed by atoms with Crippen LogP contribution in [0.3, 0.4) is 0 Å². The van der Waals surface area contributed by atoms with Crippen molar-refractivity contribution in [3.8, 4) is 0 Å². The van der Waals surface area contributed by atoms with Gasteiger partial charge in [0.2, 0.25) is 0 Å². The second-order valence-electron chi connectivity index (χ2n) is 6.84. The predicted molar refractivity (Wildman–Crippen MR) is 106 cm³/mol.